The van der Waals surface area contributed by atoms with Gasteiger partial charge in [0.05, 0.1) is 6.10 Å². The lowest BCUT2D eigenvalue weighted by atomic mass is 10.0. The first-order chi connectivity index (χ1) is 3.72. The van der Waals surface area contributed by atoms with E-state index >= 15 is 0 Å². The molecule has 0 aromatic rings. The molecule has 2 nitrogen and oxygen atoms in total. The zero-order chi connectivity index (χ0) is 6.57. The number of hydrogen-bond acceptors (Lipinski definition) is 2. The maximum absolute atomic E-state index is 8.85. The van der Waals surface area contributed by atoms with Crippen molar-refractivity contribution >= 4 is 0 Å². The summed E-state index contributed by atoms with van der Waals surface area (Å²) in [7, 11) is 0. The van der Waals surface area contributed by atoms with Crippen LogP contribution in [0.5, 0.6) is 0 Å². The fraction of sp³-hybridized carbons (Fsp3) is 1.00. The lowest BCUT2D eigenvalue weighted by Gasteiger charge is -2.13. The van der Waals surface area contributed by atoms with Crippen LogP contribution in [-0.2, 0) is 0 Å². The molecule has 50 valence electrons. The van der Waals surface area contributed by atoms with Gasteiger partial charge in [-0.05, 0) is 13.3 Å². The van der Waals surface area contributed by atoms with Gasteiger partial charge in [-0.15, -0.1) is 0 Å². The van der Waals surface area contributed by atoms with Gasteiger partial charge in [-0.2, -0.15) is 0 Å². The van der Waals surface area contributed by atoms with E-state index in [1.807, 2.05) is 6.92 Å². The summed E-state index contributed by atoms with van der Waals surface area (Å²) in [6, 6.07) is 0. The van der Waals surface area contributed by atoms with Gasteiger partial charge in [0.15, 0.2) is 0 Å². The maximum Gasteiger partial charge on any atom is 0.0562 e. The molecular weight excluding hydrogens is 104 g/mol. The third kappa shape index (κ3) is 2.28. The van der Waals surface area contributed by atoms with Gasteiger partial charge < -0.3 is 10.2 Å². The van der Waals surface area contributed by atoms with Crippen molar-refractivity contribution in [2.45, 2.75) is 26.4 Å². The molecule has 0 unspecified atom stereocenters. The SMILES string of the molecule is CC[C@@H](CO)[C@H](C)O. The van der Waals surface area contributed by atoms with Crippen LogP contribution in [0.4, 0.5) is 0 Å². The molecule has 0 fully saturated rings. The number of aliphatic hydroxyl groups excluding tert-OH is 2. The van der Waals surface area contributed by atoms with Crippen molar-refractivity contribution in [3.63, 3.8) is 0 Å². The number of aliphatic hydroxyl groups is 2. The van der Waals surface area contributed by atoms with E-state index in [-0.39, 0.29) is 18.6 Å². The van der Waals surface area contributed by atoms with Gasteiger partial charge in [0.1, 0.15) is 0 Å². The standard InChI is InChI=1S/C6H14O2/c1-3-6(4-7)5(2)8/h5-8H,3-4H2,1-2H3/t5-,6-/m0/s1. The average Bonchev–Trinajstić information content (AvgIpc) is 1.69. The zero-order valence-electron chi connectivity index (χ0n) is 5.46. The van der Waals surface area contributed by atoms with Crippen molar-refractivity contribution in [2.24, 2.45) is 5.92 Å². The number of rotatable bonds is 3. The van der Waals surface area contributed by atoms with E-state index in [0.717, 1.165) is 6.42 Å². The van der Waals surface area contributed by atoms with E-state index in [0.29, 0.717) is 0 Å². The van der Waals surface area contributed by atoms with E-state index in [9.17, 15) is 0 Å². The maximum atomic E-state index is 8.85. The van der Waals surface area contributed by atoms with Gasteiger partial charge >= 0.3 is 0 Å². The molecule has 0 aliphatic rings. The smallest absolute Gasteiger partial charge is 0.0562 e. The van der Waals surface area contributed by atoms with Crippen molar-refractivity contribution < 1.29 is 10.2 Å². The normalized spacial score (nSPS) is 18.0. The number of hydrogen-bond donors (Lipinski definition) is 2. The van der Waals surface area contributed by atoms with Gasteiger partial charge in [-0.1, -0.05) is 6.92 Å². The molecule has 2 heteroatoms. The van der Waals surface area contributed by atoms with Crippen molar-refractivity contribution in [1.29, 1.82) is 0 Å². The zero-order valence-corrected chi connectivity index (χ0v) is 5.46. The van der Waals surface area contributed by atoms with Crippen molar-refractivity contribution in [3.05, 3.63) is 0 Å². The average molecular weight is 118 g/mol. The van der Waals surface area contributed by atoms with E-state index in [1.165, 1.54) is 0 Å². The minimum atomic E-state index is -0.370. The minimum Gasteiger partial charge on any atom is -0.396 e. The lowest BCUT2D eigenvalue weighted by molar-refractivity contribution is 0.0787. The van der Waals surface area contributed by atoms with Gasteiger partial charge in [0, 0.05) is 12.5 Å². The van der Waals surface area contributed by atoms with Crippen LogP contribution in [0.2, 0.25) is 0 Å². The molecule has 2 N–H and O–H groups in total. The highest BCUT2D eigenvalue weighted by Crippen LogP contribution is 2.05. The minimum absolute atomic E-state index is 0.0648. The van der Waals surface area contributed by atoms with Gasteiger partial charge in [-0.3, -0.25) is 0 Å². The second kappa shape index (κ2) is 3.87. The Morgan fingerprint density at radius 1 is 1.50 bits per heavy atom. The molecule has 0 aromatic carbocycles. The molecule has 0 saturated carbocycles. The van der Waals surface area contributed by atoms with Crippen molar-refractivity contribution in [2.75, 3.05) is 6.61 Å². The third-order valence-corrected chi connectivity index (χ3v) is 1.44. The summed E-state index contributed by atoms with van der Waals surface area (Å²) in [5.41, 5.74) is 0. The first-order valence-corrected chi connectivity index (χ1v) is 3.01. The first-order valence-electron chi connectivity index (χ1n) is 3.01. The summed E-state index contributed by atoms with van der Waals surface area (Å²) in [5, 5.41) is 17.4. The summed E-state index contributed by atoms with van der Waals surface area (Å²) >= 11 is 0. The van der Waals surface area contributed by atoms with Crippen LogP contribution in [0, 0.1) is 5.92 Å². The molecule has 2 atom stereocenters. The van der Waals surface area contributed by atoms with Crippen molar-refractivity contribution in [1.82, 2.24) is 0 Å². The predicted molar refractivity (Wildman–Crippen MR) is 32.5 cm³/mol. The topological polar surface area (TPSA) is 40.5 Å². The summed E-state index contributed by atoms with van der Waals surface area (Å²) in [4.78, 5) is 0. The Hall–Kier alpha value is -0.0800. The van der Waals surface area contributed by atoms with E-state index in [1.54, 1.807) is 6.92 Å². The van der Waals surface area contributed by atoms with Crippen LogP contribution < -0.4 is 0 Å². The summed E-state index contributed by atoms with van der Waals surface area (Å²) in [6.07, 6.45) is 0.471. The summed E-state index contributed by atoms with van der Waals surface area (Å²) in [6.45, 7) is 3.74. The molecule has 0 bridgehead atoms. The van der Waals surface area contributed by atoms with Gasteiger partial charge in [0.2, 0.25) is 0 Å². The Bertz CT molecular complexity index is 48.5. The molecule has 0 spiro atoms. The molecule has 0 aliphatic carbocycles. The predicted octanol–water partition coefficient (Wildman–Crippen LogP) is 0.386. The van der Waals surface area contributed by atoms with E-state index in [2.05, 4.69) is 0 Å². The Balaban J connectivity index is 3.35. The van der Waals surface area contributed by atoms with Crippen LogP contribution in [0.3, 0.4) is 0 Å². The first kappa shape index (κ1) is 7.92. The van der Waals surface area contributed by atoms with Gasteiger partial charge in [-0.25, -0.2) is 0 Å². The quantitative estimate of drug-likeness (QED) is 0.562. The van der Waals surface area contributed by atoms with E-state index in [4.69, 9.17) is 10.2 Å². The second-order valence-corrected chi connectivity index (χ2v) is 2.09. The van der Waals surface area contributed by atoms with E-state index < -0.39 is 0 Å². The lowest BCUT2D eigenvalue weighted by Crippen LogP contribution is -2.19. The Labute approximate surface area is 50.2 Å². The van der Waals surface area contributed by atoms with Crippen LogP contribution >= 0.6 is 0 Å². The molecule has 8 heavy (non-hydrogen) atoms. The molecule has 0 saturated heterocycles. The highest BCUT2D eigenvalue weighted by molar-refractivity contribution is 4.59. The molecule has 0 aliphatic heterocycles. The molecule has 0 heterocycles. The summed E-state index contributed by atoms with van der Waals surface area (Å²) < 4.78 is 0. The summed E-state index contributed by atoms with van der Waals surface area (Å²) in [5.74, 6) is 0.0648. The monoisotopic (exact) mass is 118 g/mol. The molecule has 0 amide bonds. The fourth-order valence-corrected chi connectivity index (χ4v) is 0.623. The second-order valence-electron chi connectivity index (χ2n) is 2.09. The van der Waals surface area contributed by atoms with Gasteiger partial charge in [0.25, 0.3) is 0 Å². The fourth-order valence-electron chi connectivity index (χ4n) is 0.623. The molecule has 0 aromatic heterocycles. The molecule has 0 rings (SSSR count). The van der Waals surface area contributed by atoms with Crippen LogP contribution in [0.15, 0.2) is 0 Å². The van der Waals surface area contributed by atoms with Crippen molar-refractivity contribution in [3.8, 4) is 0 Å². The van der Waals surface area contributed by atoms with Crippen LogP contribution in [-0.4, -0.2) is 22.9 Å². The Kier molecular flexibility index (Phi) is 3.83. The van der Waals surface area contributed by atoms with Crippen LogP contribution in [0.25, 0.3) is 0 Å². The highest BCUT2D eigenvalue weighted by atomic mass is 16.3. The third-order valence-electron chi connectivity index (χ3n) is 1.44. The Morgan fingerprint density at radius 3 is 2.00 bits per heavy atom. The molecule has 0 radical (unpaired) electrons. The van der Waals surface area contributed by atoms with Crippen LogP contribution in [0.1, 0.15) is 20.3 Å². The Morgan fingerprint density at radius 2 is 2.00 bits per heavy atom. The largest absolute Gasteiger partial charge is 0.396 e. The highest BCUT2D eigenvalue weighted by Gasteiger charge is 2.09. The molecular formula is C6H14O2.